The van der Waals surface area contributed by atoms with Crippen molar-refractivity contribution in [3.8, 4) is 0 Å². The van der Waals surface area contributed by atoms with Crippen LogP contribution >= 0.6 is 0 Å². The normalized spacial score (nSPS) is 23.0. The summed E-state index contributed by atoms with van der Waals surface area (Å²) in [6.45, 7) is 3.07. The lowest BCUT2D eigenvalue weighted by Gasteiger charge is -2.31. The third kappa shape index (κ3) is 1.74. The van der Waals surface area contributed by atoms with E-state index in [0.29, 0.717) is 5.92 Å². The van der Waals surface area contributed by atoms with Gasteiger partial charge >= 0.3 is 0 Å². The SMILES string of the molecule is CCC1CCC(CN)c2c1ccc1ccccc21. The van der Waals surface area contributed by atoms with Gasteiger partial charge in [0.2, 0.25) is 0 Å². The summed E-state index contributed by atoms with van der Waals surface area (Å²) in [4.78, 5) is 0. The second-order valence-corrected chi connectivity index (χ2v) is 5.40. The summed E-state index contributed by atoms with van der Waals surface area (Å²) in [5.74, 6) is 1.28. The molecule has 0 saturated heterocycles. The zero-order valence-electron chi connectivity index (χ0n) is 11.0. The Hall–Kier alpha value is -1.34. The van der Waals surface area contributed by atoms with Crippen LogP contribution in [0.5, 0.6) is 0 Å². The zero-order chi connectivity index (χ0) is 12.5. The fourth-order valence-electron chi connectivity index (χ4n) is 3.49. The molecule has 1 heteroatoms. The number of benzene rings is 2. The molecular weight excluding hydrogens is 218 g/mol. The molecule has 0 bridgehead atoms. The first-order valence-corrected chi connectivity index (χ1v) is 7.06. The van der Waals surface area contributed by atoms with E-state index in [1.54, 1.807) is 5.56 Å². The Morgan fingerprint density at radius 2 is 1.83 bits per heavy atom. The molecule has 0 saturated carbocycles. The minimum Gasteiger partial charge on any atom is -0.330 e. The maximum absolute atomic E-state index is 6.00. The van der Waals surface area contributed by atoms with Crippen LogP contribution in [0.3, 0.4) is 0 Å². The summed E-state index contributed by atoms with van der Waals surface area (Å²) >= 11 is 0. The van der Waals surface area contributed by atoms with Gasteiger partial charge in [0.15, 0.2) is 0 Å². The average molecular weight is 239 g/mol. The molecule has 0 radical (unpaired) electrons. The average Bonchev–Trinajstić information content (AvgIpc) is 2.45. The van der Waals surface area contributed by atoms with E-state index < -0.39 is 0 Å². The van der Waals surface area contributed by atoms with Crippen molar-refractivity contribution in [2.24, 2.45) is 5.73 Å². The summed E-state index contributed by atoms with van der Waals surface area (Å²) in [6, 6.07) is 13.3. The summed E-state index contributed by atoms with van der Waals surface area (Å²) < 4.78 is 0. The molecule has 0 heterocycles. The minimum atomic E-state index is 0.550. The molecule has 2 atom stereocenters. The molecule has 2 unspecified atom stereocenters. The fourth-order valence-corrected chi connectivity index (χ4v) is 3.49. The Morgan fingerprint density at radius 1 is 1.06 bits per heavy atom. The van der Waals surface area contributed by atoms with Gasteiger partial charge in [-0.3, -0.25) is 0 Å². The fraction of sp³-hybridized carbons (Fsp3) is 0.412. The van der Waals surface area contributed by atoms with Gasteiger partial charge in [-0.25, -0.2) is 0 Å². The maximum Gasteiger partial charge on any atom is -0.000791 e. The quantitative estimate of drug-likeness (QED) is 0.836. The number of hydrogen-bond donors (Lipinski definition) is 1. The van der Waals surface area contributed by atoms with Crippen LogP contribution < -0.4 is 5.73 Å². The summed E-state index contributed by atoms with van der Waals surface area (Å²) in [6.07, 6.45) is 3.78. The van der Waals surface area contributed by atoms with E-state index in [4.69, 9.17) is 5.73 Å². The number of fused-ring (bicyclic) bond motifs is 3. The molecule has 94 valence electrons. The van der Waals surface area contributed by atoms with Crippen LogP contribution in [-0.4, -0.2) is 6.54 Å². The van der Waals surface area contributed by atoms with E-state index in [-0.39, 0.29) is 0 Å². The molecule has 18 heavy (non-hydrogen) atoms. The van der Waals surface area contributed by atoms with Crippen LogP contribution in [0.4, 0.5) is 0 Å². The lowest BCUT2D eigenvalue weighted by atomic mass is 9.74. The molecule has 0 aromatic heterocycles. The Labute approximate surface area is 109 Å². The highest BCUT2D eigenvalue weighted by Crippen LogP contribution is 2.43. The van der Waals surface area contributed by atoms with E-state index >= 15 is 0 Å². The summed E-state index contributed by atoms with van der Waals surface area (Å²) in [7, 11) is 0. The van der Waals surface area contributed by atoms with Gasteiger partial charge in [0.1, 0.15) is 0 Å². The van der Waals surface area contributed by atoms with Crippen LogP contribution in [0.2, 0.25) is 0 Å². The highest BCUT2D eigenvalue weighted by Gasteiger charge is 2.26. The van der Waals surface area contributed by atoms with Crippen molar-refractivity contribution in [3.05, 3.63) is 47.5 Å². The summed E-state index contributed by atoms with van der Waals surface area (Å²) in [5, 5.41) is 2.77. The number of hydrogen-bond acceptors (Lipinski definition) is 1. The van der Waals surface area contributed by atoms with Crippen molar-refractivity contribution in [1.82, 2.24) is 0 Å². The standard InChI is InChI=1S/C17H21N/c1-2-12-7-8-14(11-18)17-15-6-4-3-5-13(15)9-10-16(12)17/h3-6,9-10,12,14H,2,7-8,11,18H2,1H3. The molecule has 0 aliphatic heterocycles. The van der Waals surface area contributed by atoms with Crippen LogP contribution in [0, 0.1) is 0 Å². The Bertz CT molecular complexity index is 559. The Balaban J connectivity index is 2.27. The predicted octanol–water partition coefficient (Wildman–Crippen LogP) is 4.17. The van der Waals surface area contributed by atoms with Gasteiger partial charge in [-0.1, -0.05) is 43.3 Å². The molecule has 0 fully saturated rings. The molecule has 0 amide bonds. The van der Waals surface area contributed by atoms with E-state index in [1.165, 1.54) is 35.6 Å². The molecule has 0 spiro atoms. The Morgan fingerprint density at radius 3 is 2.61 bits per heavy atom. The molecule has 1 nitrogen and oxygen atoms in total. The van der Waals surface area contributed by atoms with Gasteiger partial charge < -0.3 is 5.73 Å². The van der Waals surface area contributed by atoms with Crippen molar-refractivity contribution in [1.29, 1.82) is 0 Å². The van der Waals surface area contributed by atoms with Crippen LogP contribution in [0.25, 0.3) is 10.8 Å². The Kier molecular flexibility index (Phi) is 3.09. The predicted molar refractivity (Wildman–Crippen MR) is 78.0 cm³/mol. The molecule has 2 aromatic rings. The highest BCUT2D eigenvalue weighted by atomic mass is 14.6. The number of rotatable bonds is 2. The van der Waals surface area contributed by atoms with Crippen LogP contribution in [0.15, 0.2) is 36.4 Å². The largest absolute Gasteiger partial charge is 0.330 e. The first-order valence-electron chi connectivity index (χ1n) is 7.06. The van der Waals surface area contributed by atoms with Gasteiger partial charge in [-0.15, -0.1) is 0 Å². The minimum absolute atomic E-state index is 0.550. The van der Waals surface area contributed by atoms with Crippen LogP contribution in [-0.2, 0) is 0 Å². The molecule has 2 aromatic carbocycles. The van der Waals surface area contributed by atoms with Crippen molar-refractivity contribution in [2.45, 2.75) is 38.0 Å². The van der Waals surface area contributed by atoms with Gasteiger partial charge in [0.05, 0.1) is 0 Å². The van der Waals surface area contributed by atoms with Crippen molar-refractivity contribution >= 4 is 10.8 Å². The van der Waals surface area contributed by atoms with Crippen molar-refractivity contribution < 1.29 is 0 Å². The third-order valence-corrected chi connectivity index (χ3v) is 4.49. The second kappa shape index (κ2) is 4.74. The summed E-state index contributed by atoms with van der Waals surface area (Å²) in [5.41, 5.74) is 9.09. The molecule has 3 rings (SSSR count). The monoisotopic (exact) mass is 239 g/mol. The van der Waals surface area contributed by atoms with Crippen molar-refractivity contribution in [2.75, 3.05) is 6.54 Å². The molecule has 1 aliphatic rings. The molecule has 1 aliphatic carbocycles. The van der Waals surface area contributed by atoms with Crippen LogP contribution in [0.1, 0.15) is 49.1 Å². The smallest absolute Gasteiger partial charge is 0.000791 e. The highest BCUT2D eigenvalue weighted by molar-refractivity contribution is 5.87. The first-order chi connectivity index (χ1) is 8.85. The van der Waals surface area contributed by atoms with Crippen molar-refractivity contribution in [3.63, 3.8) is 0 Å². The molecule has 2 N–H and O–H groups in total. The topological polar surface area (TPSA) is 26.0 Å². The van der Waals surface area contributed by atoms with E-state index in [9.17, 15) is 0 Å². The van der Waals surface area contributed by atoms with Gasteiger partial charge in [0, 0.05) is 0 Å². The number of nitrogens with two attached hydrogens (primary N) is 1. The van der Waals surface area contributed by atoms with Gasteiger partial charge in [-0.05, 0) is 59.5 Å². The molecular formula is C17H21N. The zero-order valence-corrected chi connectivity index (χ0v) is 11.0. The maximum atomic E-state index is 6.00. The second-order valence-electron chi connectivity index (χ2n) is 5.40. The third-order valence-electron chi connectivity index (χ3n) is 4.49. The van der Waals surface area contributed by atoms with Gasteiger partial charge in [-0.2, -0.15) is 0 Å². The van der Waals surface area contributed by atoms with E-state index in [0.717, 1.165) is 12.5 Å². The van der Waals surface area contributed by atoms with E-state index in [2.05, 4.69) is 43.3 Å². The first kappa shape index (κ1) is 11.7. The van der Waals surface area contributed by atoms with E-state index in [1.807, 2.05) is 0 Å². The lowest BCUT2D eigenvalue weighted by Crippen LogP contribution is -2.21. The van der Waals surface area contributed by atoms with Gasteiger partial charge in [0.25, 0.3) is 0 Å². The lowest BCUT2D eigenvalue weighted by molar-refractivity contribution is 0.481.